The lowest BCUT2D eigenvalue weighted by Gasteiger charge is -2.10. The van der Waals surface area contributed by atoms with Gasteiger partial charge in [-0.15, -0.1) is 0 Å². The molecule has 7 nitrogen and oxygen atoms in total. The van der Waals surface area contributed by atoms with Crippen molar-refractivity contribution in [2.75, 3.05) is 17.7 Å². The van der Waals surface area contributed by atoms with Crippen molar-refractivity contribution < 1.29 is 9.53 Å². The lowest BCUT2D eigenvalue weighted by molar-refractivity contribution is 0.259. The van der Waals surface area contributed by atoms with Gasteiger partial charge in [0.15, 0.2) is 0 Å². The molecular weight excluding hydrogens is 318 g/mol. The Morgan fingerprint density at radius 1 is 1.04 bits per heavy atom. The molecule has 2 aromatic carbocycles. The van der Waals surface area contributed by atoms with Gasteiger partial charge in [0.25, 0.3) is 0 Å². The molecule has 3 aromatic rings. The second-order valence-electron chi connectivity index (χ2n) is 5.18. The predicted molar refractivity (Wildman–Crippen MR) is 97.0 cm³/mol. The van der Waals surface area contributed by atoms with Crippen molar-refractivity contribution in [1.29, 1.82) is 0 Å². The number of nitrogens with zero attached hydrogens (tertiary/aromatic N) is 2. The van der Waals surface area contributed by atoms with E-state index in [0.717, 1.165) is 22.7 Å². The van der Waals surface area contributed by atoms with Crippen LogP contribution in [0.1, 0.15) is 0 Å². The Balaban J connectivity index is 1.81. The number of methoxy groups -OCH3 is 1. The molecule has 0 fully saturated rings. The maximum atomic E-state index is 10.8. The van der Waals surface area contributed by atoms with Crippen LogP contribution in [0, 0.1) is 0 Å². The topological polar surface area (TPSA) is 102 Å². The van der Waals surface area contributed by atoms with Crippen molar-refractivity contribution in [3.8, 4) is 17.0 Å². The van der Waals surface area contributed by atoms with Gasteiger partial charge in [0, 0.05) is 23.0 Å². The Hall–Kier alpha value is -3.61. The van der Waals surface area contributed by atoms with Gasteiger partial charge < -0.3 is 21.1 Å². The molecule has 0 aliphatic heterocycles. The largest absolute Gasteiger partial charge is 0.496 e. The van der Waals surface area contributed by atoms with E-state index in [1.54, 1.807) is 19.2 Å². The van der Waals surface area contributed by atoms with E-state index in [2.05, 4.69) is 20.6 Å². The first-order valence-corrected chi connectivity index (χ1v) is 7.54. The van der Waals surface area contributed by atoms with E-state index in [0.29, 0.717) is 11.5 Å². The minimum Gasteiger partial charge on any atom is -0.496 e. The molecule has 126 valence electrons. The van der Waals surface area contributed by atoms with Crippen molar-refractivity contribution in [3.63, 3.8) is 0 Å². The van der Waals surface area contributed by atoms with Crippen LogP contribution in [0.3, 0.4) is 0 Å². The Bertz CT molecular complexity index is 881. The van der Waals surface area contributed by atoms with E-state index in [-0.39, 0.29) is 0 Å². The number of anilines is 3. The number of ether oxygens (including phenoxy) is 1. The SMILES string of the molecule is COc1ccccc1-c1cc(Nc2ccc(NC(N)=O)cc2)ncn1. The summed E-state index contributed by atoms with van der Waals surface area (Å²) in [4.78, 5) is 19.4. The molecule has 2 amide bonds. The van der Waals surface area contributed by atoms with Crippen LogP contribution in [0.5, 0.6) is 5.75 Å². The third-order valence-electron chi connectivity index (χ3n) is 3.47. The molecule has 0 atom stereocenters. The third-order valence-corrected chi connectivity index (χ3v) is 3.47. The van der Waals surface area contributed by atoms with Crippen LogP contribution in [-0.4, -0.2) is 23.1 Å². The molecule has 3 rings (SSSR count). The average molecular weight is 335 g/mol. The molecule has 1 heterocycles. The molecule has 4 N–H and O–H groups in total. The molecular formula is C18H17N5O2. The smallest absolute Gasteiger partial charge is 0.316 e. The first kappa shape index (κ1) is 16.3. The van der Waals surface area contributed by atoms with E-state index in [9.17, 15) is 4.79 Å². The zero-order chi connectivity index (χ0) is 17.6. The highest BCUT2D eigenvalue weighted by Gasteiger charge is 2.08. The number of carbonyl (C=O) groups is 1. The van der Waals surface area contributed by atoms with Crippen LogP contribution in [0.2, 0.25) is 0 Å². The second-order valence-corrected chi connectivity index (χ2v) is 5.18. The molecule has 0 spiro atoms. The lowest BCUT2D eigenvalue weighted by atomic mass is 10.1. The minimum atomic E-state index is -0.599. The Labute approximate surface area is 144 Å². The van der Waals surface area contributed by atoms with Crippen LogP contribution < -0.4 is 21.1 Å². The van der Waals surface area contributed by atoms with Gasteiger partial charge in [0.05, 0.1) is 12.8 Å². The first-order valence-electron chi connectivity index (χ1n) is 7.54. The van der Waals surface area contributed by atoms with Crippen LogP contribution in [0.15, 0.2) is 60.9 Å². The highest BCUT2D eigenvalue weighted by Crippen LogP contribution is 2.29. The zero-order valence-corrected chi connectivity index (χ0v) is 13.6. The number of urea groups is 1. The molecule has 0 aliphatic rings. The van der Waals surface area contributed by atoms with Crippen LogP contribution in [0.4, 0.5) is 22.0 Å². The summed E-state index contributed by atoms with van der Waals surface area (Å²) >= 11 is 0. The van der Waals surface area contributed by atoms with Crippen LogP contribution in [0.25, 0.3) is 11.3 Å². The number of benzene rings is 2. The summed E-state index contributed by atoms with van der Waals surface area (Å²) in [5.41, 5.74) is 8.17. The van der Waals surface area contributed by atoms with Crippen molar-refractivity contribution >= 4 is 23.2 Å². The molecule has 0 radical (unpaired) electrons. The van der Waals surface area contributed by atoms with Gasteiger partial charge >= 0.3 is 6.03 Å². The molecule has 0 aliphatic carbocycles. The zero-order valence-electron chi connectivity index (χ0n) is 13.6. The Morgan fingerprint density at radius 2 is 1.76 bits per heavy atom. The first-order chi connectivity index (χ1) is 12.2. The number of aromatic nitrogens is 2. The van der Waals surface area contributed by atoms with Gasteiger partial charge in [-0.1, -0.05) is 12.1 Å². The normalized spacial score (nSPS) is 10.1. The van der Waals surface area contributed by atoms with Gasteiger partial charge in [-0.3, -0.25) is 0 Å². The molecule has 0 unspecified atom stereocenters. The van der Waals surface area contributed by atoms with Gasteiger partial charge in [-0.25, -0.2) is 14.8 Å². The van der Waals surface area contributed by atoms with Crippen LogP contribution in [-0.2, 0) is 0 Å². The van der Waals surface area contributed by atoms with E-state index < -0.39 is 6.03 Å². The minimum absolute atomic E-state index is 0.599. The van der Waals surface area contributed by atoms with E-state index in [1.807, 2.05) is 42.5 Å². The fourth-order valence-corrected chi connectivity index (χ4v) is 2.36. The van der Waals surface area contributed by atoms with Gasteiger partial charge in [0.1, 0.15) is 17.9 Å². The standard InChI is InChI=1S/C18H17N5O2/c1-25-16-5-3-2-4-14(16)15-10-17(21-11-20-15)22-12-6-8-13(9-7-12)23-18(19)24/h2-11H,1H3,(H3,19,23,24)(H,20,21,22). The number of carbonyl (C=O) groups excluding carboxylic acids is 1. The third kappa shape index (κ3) is 4.03. The van der Waals surface area contributed by atoms with E-state index >= 15 is 0 Å². The highest BCUT2D eigenvalue weighted by atomic mass is 16.5. The maximum Gasteiger partial charge on any atom is 0.316 e. The second kappa shape index (κ2) is 7.31. The summed E-state index contributed by atoms with van der Waals surface area (Å²) in [5.74, 6) is 1.39. The summed E-state index contributed by atoms with van der Waals surface area (Å²) in [6, 6.07) is 16.0. The number of hydrogen-bond donors (Lipinski definition) is 3. The molecule has 1 aromatic heterocycles. The number of primary amides is 1. The molecule has 7 heteroatoms. The Morgan fingerprint density at radius 3 is 2.48 bits per heavy atom. The van der Waals surface area contributed by atoms with Gasteiger partial charge in [0.2, 0.25) is 0 Å². The molecule has 25 heavy (non-hydrogen) atoms. The van der Waals surface area contributed by atoms with Crippen LogP contribution >= 0.6 is 0 Å². The number of amides is 2. The fraction of sp³-hybridized carbons (Fsp3) is 0.0556. The molecule has 0 saturated heterocycles. The number of nitrogens with one attached hydrogen (secondary N) is 2. The average Bonchev–Trinajstić information content (AvgIpc) is 2.63. The van der Waals surface area contributed by atoms with Crippen molar-refractivity contribution in [1.82, 2.24) is 9.97 Å². The van der Waals surface area contributed by atoms with E-state index in [4.69, 9.17) is 10.5 Å². The van der Waals surface area contributed by atoms with Crippen molar-refractivity contribution in [2.24, 2.45) is 5.73 Å². The van der Waals surface area contributed by atoms with Crippen molar-refractivity contribution in [2.45, 2.75) is 0 Å². The number of hydrogen-bond acceptors (Lipinski definition) is 5. The maximum absolute atomic E-state index is 10.8. The summed E-state index contributed by atoms with van der Waals surface area (Å²) in [6.07, 6.45) is 1.49. The summed E-state index contributed by atoms with van der Waals surface area (Å²) < 4.78 is 5.38. The van der Waals surface area contributed by atoms with Gasteiger partial charge in [-0.05, 0) is 36.4 Å². The fourth-order valence-electron chi connectivity index (χ4n) is 2.36. The number of nitrogens with two attached hydrogens (primary N) is 1. The number of rotatable bonds is 5. The molecule has 0 bridgehead atoms. The lowest BCUT2D eigenvalue weighted by Crippen LogP contribution is -2.19. The van der Waals surface area contributed by atoms with Gasteiger partial charge in [-0.2, -0.15) is 0 Å². The monoisotopic (exact) mass is 335 g/mol. The van der Waals surface area contributed by atoms with E-state index in [1.165, 1.54) is 6.33 Å². The molecule has 0 saturated carbocycles. The highest BCUT2D eigenvalue weighted by molar-refractivity contribution is 5.88. The predicted octanol–water partition coefficient (Wildman–Crippen LogP) is 3.39. The Kier molecular flexibility index (Phi) is 4.75. The summed E-state index contributed by atoms with van der Waals surface area (Å²) in [7, 11) is 1.63. The van der Waals surface area contributed by atoms with Crippen molar-refractivity contribution in [3.05, 3.63) is 60.9 Å². The quantitative estimate of drug-likeness (QED) is 0.663. The summed E-state index contributed by atoms with van der Waals surface area (Å²) in [6.45, 7) is 0. The number of para-hydroxylation sites is 1. The summed E-state index contributed by atoms with van der Waals surface area (Å²) in [5, 5.41) is 5.71.